The third kappa shape index (κ3) is 5.25. The zero-order valence-corrected chi connectivity index (χ0v) is 16.5. The molecule has 2 aliphatic rings. The van der Waals surface area contributed by atoms with Crippen molar-refractivity contribution in [2.24, 2.45) is 0 Å². The van der Waals surface area contributed by atoms with Gasteiger partial charge in [0.25, 0.3) is 5.91 Å². The van der Waals surface area contributed by atoms with E-state index < -0.39 is 0 Å². The van der Waals surface area contributed by atoms with Gasteiger partial charge in [-0.3, -0.25) is 4.79 Å². The Hall–Kier alpha value is -2.64. The standard InChI is InChI=1S/C22H27N3O4/c26-22(17-8-9-23-21(15-17)25-10-13-27-14-11-25)24-19-6-1-2-7-20(19)29-16-18-5-3-4-12-28-18/h1-2,6-9,15,18H,3-5,10-14,16H2,(H,24,26). The van der Waals surface area contributed by atoms with Crippen molar-refractivity contribution < 1.29 is 19.0 Å². The Labute approximate surface area is 171 Å². The molecule has 3 heterocycles. The molecule has 7 heteroatoms. The van der Waals surface area contributed by atoms with Crippen LogP contribution in [0.25, 0.3) is 0 Å². The van der Waals surface area contributed by atoms with Gasteiger partial charge >= 0.3 is 0 Å². The van der Waals surface area contributed by atoms with Crippen LogP contribution in [0.2, 0.25) is 0 Å². The van der Waals surface area contributed by atoms with E-state index in [4.69, 9.17) is 14.2 Å². The number of hydrogen-bond donors (Lipinski definition) is 1. The van der Waals surface area contributed by atoms with E-state index in [1.165, 1.54) is 6.42 Å². The summed E-state index contributed by atoms with van der Waals surface area (Å²) in [7, 11) is 0. The number of ether oxygens (including phenoxy) is 3. The first-order chi connectivity index (χ1) is 14.3. The number of hydrogen-bond acceptors (Lipinski definition) is 6. The van der Waals surface area contributed by atoms with Crippen LogP contribution in [0, 0.1) is 0 Å². The molecule has 1 unspecified atom stereocenters. The molecule has 0 saturated carbocycles. The van der Waals surface area contributed by atoms with Crippen LogP contribution in [0.5, 0.6) is 5.75 Å². The first kappa shape index (κ1) is 19.7. The number of carbonyl (C=O) groups excluding carboxylic acids is 1. The maximum Gasteiger partial charge on any atom is 0.255 e. The Morgan fingerprint density at radius 2 is 2.03 bits per heavy atom. The molecule has 1 aromatic carbocycles. The van der Waals surface area contributed by atoms with Gasteiger partial charge < -0.3 is 24.4 Å². The minimum absolute atomic E-state index is 0.115. The first-order valence-corrected chi connectivity index (χ1v) is 10.2. The molecule has 4 rings (SSSR count). The van der Waals surface area contributed by atoms with E-state index >= 15 is 0 Å². The maximum atomic E-state index is 12.8. The Morgan fingerprint density at radius 3 is 2.86 bits per heavy atom. The molecule has 1 aromatic heterocycles. The lowest BCUT2D eigenvalue weighted by Gasteiger charge is -2.27. The molecule has 2 aliphatic heterocycles. The van der Waals surface area contributed by atoms with Gasteiger partial charge in [0, 0.05) is 31.5 Å². The molecular formula is C22H27N3O4. The number of rotatable bonds is 6. The first-order valence-electron chi connectivity index (χ1n) is 10.2. The summed E-state index contributed by atoms with van der Waals surface area (Å²) in [6.07, 6.45) is 5.07. The Balaban J connectivity index is 1.41. The van der Waals surface area contributed by atoms with Crippen molar-refractivity contribution in [2.75, 3.05) is 49.7 Å². The van der Waals surface area contributed by atoms with E-state index in [0.717, 1.165) is 38.4 Å². The van der Waals surface area contributed by atoms with Gasteiger partial charge in [0.05, 0.1) is 25.0 Å². The largest absolute Gasteiger partial charge is 0.489 e. The van der Waals surface area contributed by atoms with Crippen molar-refractivity contribution in [3.63, 3.8) is 0 Å². The smallest absolute Gasteiger partial charge is 0.255 e. The Kier molecular flexibility index (Phi) is 6.59. The molecule has 2 saturated heterocycles. The number of nitrogens with zero attached hydrogens (tertiary/aromatic N) is 2. The fraction of sp³-hybridized carbons (Fsp3) is 0.455. The van der Waals surface area contributed by atoms with Gasteiger partial charge in [-0.1, -0.05) is 12.1 Å². The van der Waals surface area contributed by atoms with Gasteiger partial charge in [0.1, 0.15) is 18.2 Å². The number of anilines is 2. The molecule has 7 nitrogen and oxygen atoms in total. The minimum Gasteiger partial charge on any atom is -0.489 e. The summed E-state index contributed by atoms with van der Waals surface area (Å²) in [6, 6.07) is 11.0. The van der Waals surface area contributed by atoms with E-state index in [1.54, 1.807) is 12.3 Å². The normalized spacial score (nSPS) is 19.6. The average Bonchev–Trinajstić information content (AvgIpc) is 2.80. The lowest BCUT2D eigenvalue weighted by atomic mass is 10.1. The highest BCUT2D eigenvalue weighted by molar-refractivity contribution is 6.05. The molecule has 0 spiro atoms. The summed E-state index contributed by atoms with van der Waals surface area (Å²) < 4.78 is 17.1. The van der Waals surface area contributed by atoms with E-state index in [-0.39, 0.29) is 12.0 Å². The van der Waals surface area contributed by atoms with Crippen molar-refractivity contribution in [1.29, 1.82) is 0 Å². The van der Waals surface area contributed by atoms with E-state index in [1.807, 2.05) is 30.3 Å². The maximum absolute atomic E-state index is 12.8. The molecule has 0 radical (unpaired) electrons. The molecule has 2 aromatic rings. The number of benzene rings is 1. The Morgan fingerprint density at radius 1 is 1.17 bits per heavy atom. The molecule has 0 aliphatic carbocycles. The SMILES string of the molecule is O=C(Nc1ccccc1OCC1CCCCO1)c1ccnc(N2CCOCC2)c1. The summed E-state index contributed by atoms with van der Waals surface area (Å²) in [5.41, 5.74) is 1.21. The van der Waals surface area contributed by atoms with E-state index in [2.05, 4.69) is 15.2 Å². The van der Waals surface area contributed by atoms with Gasteiger partial charge in [-0.15, -0.1) is 0 Å². The van der Waals surface area contributed by atoms with Crippen LogP contribution in [-0.2, 0) is 9.47 Å². The monoisotopic (exact) mass is 397 g/mol. The summed E-state index contributed by atoms with van der Waals surface area (Å²) in [6.45, 7) is 4.18. The van der Waals surface area contributed by atoms with Crippen molar-refractivity contribution in [3.8, 4) is 5.75 Å². The van der Waals surface area contributed by atoms with Crippen molar-refractivity contribution >= 4 is 17.4 Å². The van der Waals surface area contributed by atoms with Crippen molar-refractivity contribution in [2.45, 2.75) is 25.4 Å². The van der Waals surface area contributed by atoms with Crippen molar-refractivity contribution in [1.82, 2.24) is 4.98 Å². The highest BCUT2D eigenvalue weighted by Crippen LogP contribution is 2.26. The lowest BCUT2D eigenvalue weighted by molar-refractivity contribution is -0.0109. The molecule has 29 heavy (non-hydrogen) atoms. The molecule has 1 N–H and O–H groups in total. The highest BCUT2D eigenvalue weighted by atomic mass is 16.5. The second-order valence-corrected chi connectivity index (χ2v) is 7.25. The quantitative estimate of drug-likeness (QED) is 0.807. The molecule has 2 fully saturated rings. The van der Waals surface area contributed by atoms with Gasteiger partial charge in [0.2, 0.25) is 0 Å². The summed E-state index contributed by atoms with van der Waals surface area (Å²) in [4.78, 5) is 19.4. The fourth-order valence-electron chi connectivity index (χ4n) is 3.54. The van der Waals surface area contributed by atoms with Crippen LogP contribution < -0.4 is 15.0 Å². The topological polar surface area (TPSA) is 72.9 Å². The summed E-state index contributed by atoms with van der Waals surface area (Å²) >= 11 is 0. The van der Waals surface area contributed by atoms with Crippen LogP contribution in [0.1, 0.15) is 29.6 Å². The number of amides is 1. The zero-order chi connectivity index (χ0) is 19.9. The van der Waals surface area contributed by atoms with Crippen LogP contribution in [-0.4, -0.2) is 56.5 Å². The van der Waals surface area contributed by atoms with Gasteiger partial charge in [-0.25, -0.2) is 4.98 Å². The summed E-state index contributed by atoms with van der Waals surface area (Å²) in [5.74, 6) is 1.25. The Bertz CT molecular complexity index is 817. The molecular weight excluding hydrogens is 370 g/mol. The number of carbonyl (C=O) groups is 1. The predicted octanol–water partition coefficient (Wildman–Crippen LogP) is 3.12. The predicted molar refractivity (Wildman–Crippen MR) is 111 cm³/mol. The molecule has 1 atom stereocenters. The number of morpholine rings is 1. The third-order valence-corrected chi connectivity index (χ3v) is 5.18. The van der Waals surface area contributed by atoms with Gasteiger partial charge in [-0.2, -0.15) is 0 Å². The van der Waals surface area contributed by atoms with Crippen LogP contribution in [0.4, 0.5) is 11.5 Å². The average molecular weight is 397 g/mol. The number of aromatic nitrogens is 1. The second kappa shape index (κ2) is 9.71. The molecule has 0 bridgehead atoms. The molecule has 1 amide bonds. The van der Waals surface area contributed by atoms with E-state index in [0.29, 0.717) is 36.8 Å². The number of nitrogens with one attached hydrogen (secondary N) is 1. The van der Waals surface area contributed by atoms with E-state index in [9.17, 15) is 4.79 Å². The molecule has 154 valence electrons. The lowest BCUT2D eigenvalue weighted by Crippen LogP contribution is -2.36. The van der Waals surface area contributed by atoms with Gasteiger partial charge in [0.15, 0.2) is 0 Å². The number of pyridine rings is 1. The second-order valence-electron chi connectivity index (χ2n) is 7.25. The van der Waals surface area contributed by atoms with Crippen molar-refractivity contribution in [3.05, 3.63) is 48.2 Å². The minimum atomic E-state index is -0.188. The fourth-order valence-corrected chi connectivity index (χ4v) is 3.54. The highest BCUT2D eigenvalue weighted by Gasteiger charge is 2.17. The van der Waals surface area contributed by atoms with Crippen LogP contribution in [0.3, 0.4) is 0 Å². The summed E-state index contributed by atoms with van der Waals surface area (Å²) in [5, 5.41) is 2.97. The van der Waals surface area contributed by atoms with Gasteiger partial charge in [-0.05, 0) is 43.5 Å². The number of para-hydroxylation sites is 2. The zero-order valence-electron chi connectivity index (χ0n) is 16.5. The third-order valence-electron chi connectivity index (χ3n) is 5.18. The van der Waals surface area contributed by atoms with Crippen LogP contribution in [0.15, 0.2) is 42.6 Å². The van der Waals surface area contributed by atoms with Crippen LogP contribution >= 0.6 is 0 Å².